The van der Waals surface area contributed by atoms with E-state index in [1.807, 2.05) is 12.1 Å². The monoisotopic (exact) mass is 456 g/mol. The lowest BCUT2D eigenvalue weighted by Crippen LogP contribution is -2.48. The van der Waals surface area contributed by atoms with E-state index >= 15 is 0 Å². The maximum absolute atomic E-state index is 12.7. The minimum absolute atomic E-state index is 0.0779. The third kappa shape index (κ3) is 4.17. The van der Waals surface area contributed by atoms with Crippen LogP contribution < -0.4 is 4.72 Å². The van der Waals surface area contributed by atoms with Crippen molar-refractivity contribution in [2.45, 2.75) is 49.5 Å². The van der Waals surface area contributed by atoms with Crippen LogP contribution in [0.5, 0.6) is 0 Å². The topological polar surface area (TPSA) is 92.8 Å². The summed E-state index contributed by atoms with van der Waals surface area (Å²) in [4.78, 5) is 26.6. The van der Waals surface area contributed by atoms with Gasteiger partial charge in [-0.25, -0.2) is 17.9 Å². The maximum Gasteiger partial charge on any atom is 0.339 e. The number of carbonyl (C=O) groups excluding carboxylic acids is 2. The van der Waals surface area contributed by atoms with Gasteiger partial charge >= 0.3 is 5.97 Å². The quantitative estimate of drug-likeness (QED) is 0.714. The van der Waals surface area contributed by atoms with Crippen molar-refractivity contribution in [2.24, 2.45) is 0 Å². The molecule has 2 aromatic carbocycles. The summed E-state index contributed by atoms with van der Waals surface area (Å²) in [5.74, 6) is -0.627. The summed E-state index contributed by atoms with van der Waals surface area (Å²) < 4.78 is 33.4. The lowest BCUT2D eigenvalue weighted by Gasteiger charge is -2.38. The number of rotatable bonds is 4. The lowest BCUT2D eigenvalue weighted by atomic mass is 9.84. The van der Waals surface area contributed by atoms with Gasteiger partial charge in [0.05, 0.1) is 17.0 Å². The summed E-state index contributed by atoms with van der Waals surface area (Å²) in [7, 11) is -3.79. The number of sulfonamides is 1. The fourth-order valence-electron chi connectivity index (χ4n) is 4.32. The summed E-state index contributed by atoms with van der Waals surface area (Å²) in [6.07, 6.45) is 0.977. The van der Waals surface area contributed by atoms with Gasteiger partial charge in [0.2, 0.25) is 15.9 Å². The number of esters is 1. The van der Waals surface area contributed by atoms with Gasteiger partial charge in [-0.1, -0.05) is 51.1 Å². The second-order valence-corrected chi connectivity index (χ2v) is 11.2. The van der Waals surface area contributed by atoms with Gasteiger partial charge in [0.25, 0.3) is 0 Å². The Bertz CT molecular complexity index is 1140. The van der Waals surface area contributed by atoms with E-state index in [0.717, 1.165) is 11.1 Å². The first-order valence-electron chi connectivity index (χ1n) is 10.7. The number of piperidine rings is 1. The molecule has 2 heterocycles. The molecule has 1 spiro atoms. The van der Waals surface area contributed by atoms with E-state index in [2.05, 4.69) is 25.5 Å². The van der Waals surface area contributed by atoms with Crippen molar-refractivity contribution in [3.8, 4) is 0 Å². The van der Waals surface area contributed by atoms with Crippen molar-refractivity contribution in [2.75, 3.05) is 19.6 Å². The van der Waals surface area contributed by atoms with Gasteiger partial charge in [0.15, 0.2) is 0 Å². The molecule has 2 aliphatic rings. The van der Waals surface area contributed by atoms with E-state index in [9.17, 15) is 18.0 Å². The van der Waals surface area contributed by atoms with E-state index < -0.39 is 15.6 Å². The SMILES string of the molecule is CC(C)(C)c1ccc(S(=O)(=O)NCC(=O)N2CCC3(CC2)OC(=O)c2ccccc23)cc1. The van der Waals surface area contributed by atoms with Crippen LogP contribution in [0.3, 0.4) is 0 Å². The van der Waals surface area contributed by atoms with Crippen LogP contribution in [0.15, 0.2) is 53.4 Å². The highest BCUT2D eigenvalue weighted by Crippen LogP contribution is 2.43. The van der Waals surface area contributed by atoms with Gasteiger partial charge in [0, 0.05) is 31.5 Å². The molecule has 2 aromatic rings. The number of hydrogen-bond donors (Lipinski definition) is 1. The van der Waals surface area contributed by atoms with E-state index in [0.29, 0.717) is 31.5 Å². The average molecular weight is 457 g/mol. The lowest BCUT2D eigenvalue weighted by molar-refractivity contribution is -0.134. The van der Waals surface area contributed by atoms with Gasteiger partial charge < -0.3 is 9.64 Å². The molecule has 8 heteroatoms. The Morgan fingerprint density at radius 3 is 2.31 bits per heavy atom. The van der Waals surface area contributed by atoms with E-state index in [1.165, 1.54) is 0 Å². The highest BCUT2D eigenvalue weighted by Gasteiger charge is 2.47. The average Bonchev–Trinajstić information content (AvgIpc) is 3.04. The Balaban J connectivity index is 1.36. The van der Waals surface area contributed by atoms with Gasteiger partial charge in [-0.3, -0.25) is 4.79 Å². The largest absolute Gasteiger partial charge is 0.450 e. The van der Waals surface area contributed by atoms with Gasteiger partial charge in [-0.2, -0.15) is 0 Å². The summed E-state index contributed by atoms with van der Waals surface area (Å²) in [6.45, 7) is 6.64. The van der Waals surface area contributed by atoms with Crippen LogP contribution in [-0.2, 0) is 30.6 Å². The Morgan fingerprint density at radius 1 is 1.06 bits per heavy atom. The molecule has 0 aliphatic carbocycles. The minimum atomic E-state index is -3.79. The molecule has 7 nitrogen and oxygen atoms in total. The number of likely N-dealkylation sites (tertiary alicyclic amines) is 1. The zero-order chi connectivity index (χ0) is 23.1. The predicted molar refractivity (Wildman–Crippen MR) is 120 cm³/mol. The number of fused-ring (bicyclic) bond motifs is 2. The predicted octanol–water partition coefficient (Wildman–Crippen LogP) is 2.95. The van der Waals surface area contributed by atoms with E-state index in [1.54, 1.807) is 41.3 Å². The first-order valence-corrected chi connectivity index (χ1v) is 12.2. The number of carbonyl (C=O) groups is 2. The number of hydrogen-bond acceptors (Lipinski definition) is 5. The fourth-order valence-corrected chi connectivity index (χ4v) is 5.30. The van der Waals surface area contributed by atoms with Crippen molar-refractivity contribution < 1.29 is 22.7 Å². The van der Waals surface area contributed by atoms with Gasteiger partial charge in [-0.15, -0.1) is 0 Å². The number of amides is 1. The molecule has 32 heavy (non-hydrogen) atoms. The molecule has 0 bridgehead atoms. The fraction of sp³-hybridized carbons (Fsp3) is 0.417. The Labute approximate surface area is 188 Å². The van der Waals surface area contributed by atoms with E-state index in [4.69, 9.17) is 4.74 Å². The van der Waals surface area contributed by atoms with Crippen molar-refractivity contribution in [3.63, 3.8) is 0 Å². The van der Waals surface area contributed by atoms with E-state index in [-0.39, 0.29) is 28.7 Å². The molecule has 0 saturated carbocycles. The summed E-state index contributed by atoms with van der Waals surface area (Å²) >= 11 is 0. The Kier molecular flexibility index (Phi) is 5.63. The third-order valence-electron chi connectivity index (χ3n) is 6.29. The smallest absolute Gasteiger partial charge is 0.339 e. The van der Waals surface area contributed by atoms with Crippen molar-refractivity contribution in [3.05, 3.63) is 65.2 Å². The van der Waals surface area contributed by atoms with Crippen molar-refractivity contribution in [1.82, 2.24) is 9.62 Å². The van der Waals surface area contributed by atoms with Crippen LogP contribution in [0, 0.1) is 0 Å². The van der Waals surface area contributed by atoms with Crippen LogP contribution in [0.25, 0.3) is 0 Å². The normalized spacial score (nSPS) is 17.8. The summed E-state index contributed by atoms with van der Waals surface area (Å²) in [5.41, 5.74) is 1.71. The zero-order valence-electron chi connectivity index (χ0n) is 18.6. The summed E-state index contributed by atoms with van der Waals surface area (Å²) in [5, 5.41) is 0. The Morgan fingerprint density at radius 2 is 1.69 bits per heavy atom. The number of nitrogens with zero attached hydrogens (tertiary/aromatic N) is 1. The first kappa shape index (κ1) is 22.5. The molecule has 0 aromatic heterocycles. The first-order chi connectivity index (χ1) is 15.0. The second kappa shape index (κ2) is 8.01. The van der Waals surface area contributed by atoms with Crippen LogP contribution >= 0.6 is 0 Å². The van der Waals surface area contributed by atoms with Crippen LogP contribution in [-0.4, -0.2) is 44.8 Å². The summed E-state index contributed by atoms with van der Waals surface area (Å²) in [6, 6.07) is 14.0. The standard InChI is InChI=1S/C24H28N2O5S/c1-23(2,3)17-8-10-18(11-9-17)32(29,30)25-16-21(27)26-14-12-24(13-15-26)20-7-5-4-6-19(20)22(28)31-24/h4-11,25H,12-16H2,1-3H3. The maximum atomic E-state index is 12.7. The zero-order valence-corrected chi connectivity index (χ0v) is 19.4. The molecule has 2 aliphatic heterocycles. The van der Waals surface area contributed by atoms with Crippen LogP contribution in [0.4, 0.5) is 0 Å². The Hall–Kier alpha value is -2.71. The molecule has 0 atom stereocenters. The minimum Gasteiger partial charge on any atom is -0.450 e. The number of nitrogens with one attached hydrogen (secondary N) is 1. The third-order valence-corrected chi connectivity index (χ3v) is 7.71. The second-order valence-electron chi connectivity index (χ2n) is 9.41. The van der Waals surface area contributed by atoms with Crippen LogP contribution in [0.1, 0.15) is 55.1 Å². The highest BCUT2D eigenvalue weighted by molar-refractivity contribution is 7.89. The molecular weight excluding hydrogens is 428 g/mol. The molecule has 1 saturated heterocycles. The number of ether oxygens (including phenoxy) is 1. The molecule has 0 radical (unpaired) electrons. The molecule has 1 fully saturated rings. The molecular formula is C24H28N2O5S. The highest BCUT2D eigenvalue weighted by atomic mass is 32.2. The van der Waals surface area contributed by atoms with Crippen molar-refractivity contribution in [1.29, 1.82) is 0 Å². The molecule has 4 rings (SSSR count). The molecule has 0 unspecified atom stereocenters. The molecule has 1 N–H and O–H groups in total. The van der Waals surface area contributed by atoms with Gasteiger partial charge in [-0.05, 0) is 29.2 Å². The molecule has 1 amide bonds. The van der Waals surface area contributed by atoms with Crippen molar-refractivity contribution >= 4 is 21.9 Å². The molecule has 170 valence electrons. The number of benzene rings is 2. The van der Waals surface area contributed by atoms with Crippen LogP contribution in [0.2, 0.25) is 0 Å². The van der Waals surface area contributed by atoms with Gasteiger partial charge in [0.1, 0.15) is 5.60 Å².